The molecule has 1 aromatic carbocycles. The third-order valence-corrected chi connectivity index (χ3v) is 4.47. The minimum atomic E-state index is -1.10. The Morgan fingerprint density at radius 1 is 1.39 bits per heavy atom. The van der Waals surface area contributed by atoms with Gasteiger partial charge < -0.3 is 10.0 Å². The number of carboxylic acids is 1. The summed E-state index contributed by atoms with van der Waals surface area (Å²) in [4.78, 5) is 48.8. The Kier molecular flexibility index (Phi) is 5.05. The van der Waals surface area contributed by atoms with Crippen LogP contribution in [0.25, 0.3) is 0 Å². The van der Waals surface area contributed by atoms with E-state index in [2.05, 4.69) is 0 Å². The number of imide groups is 1. The Bertz CT molecular complexity index is 660. The molecule has 1 N–H and O–H groups in total. The fourth-order valence-corrected chi connectivity index (χ4v) is 2.79. The molecule has 1 aromatic rings. The average Bonchev–Trinajstić information content (AvgIpc) is 2.84. The molecule has 1 fully saturated rings. The molecule has 1 aliphatic heterocycles. The third-order valence-electron chi connectivity index (χ3n) is 3.61. The van der Waals surface area contributed by atoms with Crippen LogP contribution in [0.5, 0.6) is 0 Å². The van der Waals surface area contributed by atoms with Gasteiger partial charge in [-0.3, -0.25) is 19.3 Å². The van der Waals surface area contributed by atoms with E-state index < -0.39 is 17.9 Å². The maximum absolute atomic E-state index is 12.3. The van der Waals surface area contributed by atoms with E-state index >= 15 is 0 Å². The first-order chi connectivity index (χ1) is 10.8. The summed E-state index contributed by atoms with van der Waals surface area (Å²) in [7, 11) is 1.41. The van der Waals surface area contributed by atoms with E-state index in [1.54, 1.807) is 24.3 Å². The highest BCUT2D eigenvalue weighted by Gasteiger charge is 2.30. The molecule has 122 valence electrons. The van der Waals surface area contributed by atoms with E-state index in [9.17, 15) is 19.2 Å². The Morgan fingerprint density at radius 3 is 2.65 bits per heavy atom. The molecule has 1 saturated heterocycles. The number of hydrogen-bond donors (Lipinski definition) is 1. The molecule has 8 heteroatoms. The van der Waals surface area contributed by atoms with E-state index in [1.807, 2.05) is 0 Å². The highest BCUT2D eigenvalue weighted by atomic mass is 32.2. The lowest BCUT2D eigenvalue weighted by Crippen LogP contribution is -2.40. The number of carbonyl (C=O) groups is 4. The first-order valence-corrected chi connectivity index (χ1v) is 7.86. The predicted octanol–water partition coefficient (Wildman–Crippen LogP) is 1.43. The van der Waals surface area contributed by atoms with Gasteiger partial charge in [0.1, 0.15) is 6.04 Å². The number of thioether (sulfide) groups is 1. The molecular weight excluding hydrogens is 320 g/mol. The minimum absolute atomic E-state index is 0.101. The lowest BCUT2D eigenvalue weighted by Gasteiger charge is -2.22. The topological polar surface area (TPSA) is 95.0 Å². The van der Waals surface area contributed by atoms with Crippen molar-refractivity contribution in [3.63, 3.8) is 0 Å². The summed E-state index contributed by atoms with van der Waals surface area (Å²) < 4.78 is 0. The molecule has 0 saturated carbocycles. The molecule has 1 atom stereocenters. The lowest BCUT2D eigenvalue weighted by molar-refractivity contribution is -0.141. The second-order valence-corrected chi connectivity index (χ2v) is 6.09. The molecule has 0 bridgehead atoms. The number of hydrogen-bond acceptors (Lipinski definition) is 5. The smallest absolute Gasteiger partial charge is 0.326 e. The minimum Gasteiger partial charge on any atom is -0.480 e. The number of rotatable bonds is 5. The van der Waals surface area contributed by atoms with Gasteiger partial charge in [-0.1, -0.05) is 23.9 Å². The van der Waals surface area contributed by atoms with Crippen molar-refractivity contribution in [3.8, 4) is 0 Å². The summed E-state index contributed by atoms with van der Waals surface area (Å²) in [6.07, 6.45) is 0. The molecule has 7 nitrogen and oxygen atoms in total. The van der Waals surface area contributed by atoms with Crippen molar-refractivity contribution >= 4 is 34.8 Å². The first kappa shape index (κ1) is 17.0. The number of carbonyl (C=O) groups excluding carboxylic acids is 3. The number of amides is 3. The van der Waals surface area contributed by atoms with E-state index in [0.717, 1.165) is 21.6 Å². The molecule has 1 unspecified atom stereocenters. The number of nitrogens with zero attached hydrogens (tertiary/aromatic N) is 2. The SMILES string of the molecule is CC(C(=O)O)N(C)C(=O)c1cccc(CN2C(=O)CSC2=O)c1. The predicted molar refractivity (Wildman–Crippen MR) is 84.0 cm³/mol. The molecule has 0 aliphatic carbocycles. The van der Waals surface area contributed by atoms with Crippen molar-refractivity contribution in [2.75, 3.05) is 12.8 Å². The van der Waals surface area contributed by atoms with Crippen LogP contribution >= 0.6 is 11.8 Å². The normalized spacial score (nSPS) is 15.7. The van der Waals surface area contributed by atoms with Crippen molar-refractivity contribution in [2.24, 2.45) is 0 Å². The van der Waals surface area contributed by atoms with Crippen LogP contribution in [0, 0.1) is 0 Å². The van der Waals surface area contributed by atoms with Crippen LogP contribution in [-0.2, 0) is 16.1 Å². The van der Waals surface area contributed by atoms with Crippen molar-refractivity contribution in [1.29, 1.82) is 0 Å². The molecule has 0 radical (unpaired) electrons. The summed E-state index contributed by atoms with van der Waals surface area (Å²) in [6.45, 7) is 1.52. The molecule has 1 aliphatic rings. The Labute approximate surface area is 137 Å². The van der Waals surface area contributed by atoms with Gasteiger partial charge in [-0.25, -0.2) is 4.79 Å². The van der Waals surface area contributed by atoms with Crippen molar-refractivity contribution in [3.05, 3.63) is 35.4 Å². The average molecular weight is 336 g/mol. The van der Waals surface area contributed by atoms with Crippen LogP contribution in [0.1, 0.15) is 22.8 Å². The largest absolute Gasteiger partial charge is 0.480 e. The van der Waals surface area contributed by atoms with Gasteiger partial charge in [0.25, 0.3) is 11.1 Å². The van der Waals surface area contributed by atoms with Gasteiger partial charge >= 0.3 is 5.97 Å². The summed E-state index contributed by atoms with van der Waals surface area (Å²) in [5.41, 5.74) is 0.946. The second-order valence-electron chi connectivity index (χ2n) is 5.17. The molecule has 0 aromatic heterocycles. The van der Waals surface area contributed by atoms with Crippen LogP contribution < -0.4 is 0 Å². The number of benzene rings is 1. The van der Waals surface area contributed by atoms with E-state index in [4.69, 9.17) is 5.11 Å². The van der Waals surface area contributed by atoms with Crippen molar-refractivity contribution in [1.82, 2.24) is 9.80 Å². The van der Waals surface area contributed by atoms with Crippen LogP contribution in [0.3, 0.4) is 0 Å². The monoisotopic (exact) mass is 336 g/mol. The molecule has 0 spiro atoms. The van der Waals surface area contributed by atoms with Gasteiger partial charge in [0, 0.05) is 12.6 Å². The van der Waals surface area contributed by atoms with Gasteiger partial charge in [0.05, 0.1) is 12.3 Å². The van der Waals surface area contributed by atoms with E-state index in [1.165, 1.54) is 14.0 Å². The van der Waals surface area contributed by atoms with Crippen LogP contribution in [0.15, 0.2) is 24.3 Å². The maximum atomic E-state index is 12.3. The van der Waals surface area contributed by atoms with Crippen LogP contribution in [0.4, 0.5) is 4.79 Å². The quantitative estimate of drug-likeness (QED) is 0.874. The zero-order valence-electron chi connectivity index (χ0n) is 12.7. The maximum Gasteiger partial charge on any atom is 0.326 e. The zero-order valence-corrected chi connectivity index (χ0v) is 13.5. The summed E-state index contributed by atoms with van der Waals surface area (Å²) in [6, 6.07) is 5.53. The molecule has 3 amide bonds. The number of aliphatic carboxylic acids is 1. The van der Waals surface area contributed by atoms with Crippen LogP contribution in [0.2, 0.25) is 0 Å². The lowest BCUT2D eigenvalue weighted by atomic mass is 10.1. The number of carboxylic acid groups (broad SMARTS) is 1. The van der Waals surface area contributed by atoms with Gasteiger partial charge in [0.15, 0.2) is 0 Å². The second kappa shape index (κ2) is 6.82. The summed E-state index contributed by atoms with van der Waals surface area (Å²) in [5, 5.41) is 8.67. The molecule has 23 heavy (non-hydrogen) atoms. The van der Waals surface area contributed by atoms with E-state index in [-0.39, 0.29) is 23.4 Å². The van der Waals surface area contributed by atoms with Gasteiger partial charge in [0.2, 0.25) is 5.91 Å². The van der Waals surface area contributed by atoms with Gasteiger partial charge in [-0.2, -0.15) is 0 Å². The molecular formula is C15H16N2O5S. The van der Waals surface area contributed by atoms with E-state index in [0.29, 0.717) is 11.1 Å². The highest BCUT2D eigenvalue weighted by molar-refractivity contribution is 8.14. The standard InChI is InChI=1S/C15H16N2O5S/c1-9(14(20)21)16(2)13(19)11-5-3-4-10(6-11)7-17-12(18)8-23-15(17)22/h3-6,9H,7-8H2,1-2H3,(H,20,21). The van der Waals surface area contributed by atoms with Crippen molar-refractivity contribution in [2.45, 2.75) is 19.5 Å². The zero-order chi connectivity index (χ0) is 17.1. The third kappa shape index (κ3) is 3.70. The molecule has 1 heterocycles. The highest BCUT2D eigenvalue weighted by Crippen LogP contribution is 2.21. The summed E-state index contributed by atoms with van der Waals surface area (Å²) >= 11 is 0.952. The Hall–Kier alpha value is -2.35. The number of likely N-dealkylation sites (N-methyl/N-ethyl adjacent to an activating group) is 1. The fraction of sp³-hybridized carbons (Fsp3) is 0.333. The van der Waals surface area contributed by atoms with Crippen molar-refractivity contribution < 1.29 is 24.3 Å². The summed E-state index contributed by atoms with van der Waals surface area (Å²) in [5.74, 6) is -1.65. The van der Waals surface area contributed by atoms with Gasteiger partial charge in [-0.15, -0.1) is 0 Å². The fourth-order valence-electron chi connectivity index (χ4n) is 2.06. The Balaban J connectivity index is 2.16. The van der Waals surface area contributed by atoms with Crippen LogP contribution in [-0.4, -0.2) is 56.8 Å². The first-order valence-electron chi connectivity index (χ1n) is 6.87. The Morgan fingerprint density at radius 2 is 2.09 bits per heavy atom. The molecule has 2 rings (SSSR count). The van der Waals surface area contributed by atoms with Gasteiger partial charge in [-0.05, 0) is 24.6 Å².